The SMILES string of the molecule is O=C(CC(c1ccccc1)c1ccccc1)NCc1ccccc1CN1CCCCC1. The first-order valence-electron chi connectivity index (χ1n) is 11.5. The van der Waals surface area contributed by atoms with Crippen LogP contribution in [0.3, 0.4) is 0 Å². The second-order valence-electron chi connectivity index (χ2n) is 8.46. The van der Waals surface area contributed by atoms with Gasteiger partial charge in [0.1, 0.15) is 0 Å². The van der Waals surface area contributed by atoms with Gasteiger partial charge in [0.15, 0.2) is 0 Å². The fourth-order valence-corrected chi connectivity index (χ4v) is 4.49. The fourth-order valence-electron chi connectivity index (χ4n) is 4.49. The van der Waals surface area contributed by atoms with E-state index in [9.17, 15) is 4.79 Å². The number of nitrogens with zero attached hydrogens (tertiary/aromatic N) is 1. The highest BCUT2D eigenvalue weighted by Crippen LogP contribution is 2.28. The molecule has 4 rings (SSSR count). The number of amides is 1. The Morgan fingerprint density at radius 2 is 1.29 bits per heavy atom. The van der Waals surface area contributed by atoms with Crippen LogP contribution in [0.1, 0.15) is 53.9 Å². The lowest BCUT2D eigenvalue weighted by atomic mass is 9.88. The van der Waals surface area contributed by atoms with Crippen LogP contribution in [-0.2, 0) is 17.9 Å². The van der Waals surface area contributed by atoms with Gasteiger partial charge in [-0.15, -0.1) is 0 Å². The number of hydrogen-bond donors (Lipinski definition) is 1. The average molecular weight is 413 g/mol. The molecule has 0 aliphatic carbocycles. The lowest BCUT2D eigenvalue weighted by Gasteiger charge is -2.27. The molecule has 31 heavy (non-hydrogen) atoms. The molecule has 160 valence electrons. The van der Waals surface area contributed by atoms with Crippen molar-refractivity contribution in [2.45, 2.75) is 44.7 Å². The Hall–Kier alpha value is -2.91. The molecule has 3 aromatic carbocycles. The third-order valence-corrected chi connectivity index (χ3v) is 6.23. The summed E-state index contributed by atoms with van der Waals surface area (Å²) in [5.41, 5.74) is 4.90. The number of benzene rings is 3. The standard InChI is InChI=1S/C28H32N2O/c31-28(20-27(23-12-4-1-5-13-23)24-14-6-2-7-15-24)29-21-25-16-8-9-17-26(25)22-30-18-10-3-11-19-30/h1-2,4-9,12-17,27H,3,10-11,18-22H2,(H,29,31). The number of nitrogens with one attached hydrogen (secondary N) is 1. The maximum absolute atomic E-state index is 13.0. The van der Waals surface area contributed by atoms with E-state index >= 15 is 0 Å². The van der Waals surface area contributed by atoms with Crippen molar-refractivity contribution >= 4 is 5.91 Å². The molecule has 3 aromatic rings. The van der Waals surface area contributed by atoms with Gasteiger partial charge >= 0.3 is 0 Å². The van der Waals surface area contributed by atoms with Crippen LogP contribution in [0.15, 0.2) is 84.9 Å². The number of carbonyl (C=O) groups is 1. The zero-order valence-corrected chi connectivity index (χ0v) is 18.2. The first-order chi connectivity index (χ1) is 15.3. The smallest absolute Gasteiger partial charge is 0.221 e. The molecular weight excluding hydrogens is 380 g/mol. The third-order valence-electron chi connectivity index (χ3n) is 6.23. The van der Waals surface area contributed by atoms with E-state index in [1.807, 2.05) is 36.4 Å². The Balaban J connectivity index is 1.41. The molecule has 1 fully saturated rings. The molecule has 1 N–H and O–H groups in total. The number of likely N-dealkylation sites (tertiary alicyclic amines) is 1. The van der Waals surface area contributed by atoms with Crippen LogP contribution in [0.2, 0.25) is 0 Å². The lowest BCUT2D eigenvalue weighted by molar-refractivity contribution is -0.121. The van der Waals surface area contributed by atoms with Crippen LogP contribution in [-0.4, -0.2) is 23.9 Å². The summed E-state index contributed by atoms with van der Waals surface area (Å²) in [6.45, 7) is 3.91. The molecule has 3 nitrogen and oxygen atoms in total. The second kappa shape index (κ2) is 10.9. The molecule has 0 aromatic heterocycles. The molecule has 1 heterocycles. The highest BCUT2D eigenvalue weighted by atomic mass is 16.1. The highest BCUT2D eigenvalue weighted by Gasteiger charge is 2.18. The molecule has 0 radical (unpaired) electrons. The normalized spacial score (nSPS) is 14.5. The molecule has 1 aliphatic rings. The van der Waals surface area contributed by atoms with Crippen LogP contribution < -0.4 is 5.32 Å². The van der Waals surface area contributed by atoms with Crippen molar-refractivity contribution in [1.29, 1.82) is 0 Å². The van der Waals surface area contributed by atoms with E-state index in [1.165, 1.54) is 54.6 Å². The maximum atomic E-state index is 13.0. The average Bonchev–Trinajstić information content (AvgIpc) is 2.84. The van der Waals surface area contributed by atoms with Crippen molar-refractivity contribution in [2.75, 3.05) is 13.1 Å². The Bertz CT molecular complexity index is 910. The number of piperidine rings is 1. The van der Waals surface area contributed by atoms with Crippen LogP contribution >= 0.6 is 0 Å². The van der Waals surface area contributed by atoms with Crippen LogP contribution in [0.25, 0.3) is 0 Å². The van der Waals surface area contributed by atoms with Crippen molar-refractivity contribution in [1.82, 2.24) is 10.2 Å². The predicted molar refractivity (Wildman–Crippen MR) is 127 cm³/mol. The molecule has 0 unspecified atom stereocenters. The summed E-state index contributed by atoms with van der Waals surface area (Å²) in [6.07, 6.45) is 4.37. The van der Waals surface area contributed by atoms with Gasteiger partial charge in [-0.25, -0.2) is 0 Å². The third kappa shape index (κ3) is 6.05. The zero-order valence-electron chi connectivity index (χ0n) is 18.2. The molecule has 1 amide bonds. The first-order valence-corrected chi connectivity index (χ1v) is 11.5. The Kier molecular flexibility index (Phi) is 7.51. The number of hydrogen-bond acceptors (Lipinski definition) is 2. The summed E-state index contributed by atoms with van der Waals surface area (Å²) in [4.78, 5) is 15.5. The van der Waals surface area contributed by atoms with E-state index in [0.717, 1.165) is 6.54 Å². The molecule has 0 spiro atoms. The van der Waals surface area contributed by atoms with Gasteiger partial charge in [-0.05, 0) is 48.2 Å². The van der Waals surface area contributed by atoms with Crippen molar-refractivity contribution in [3.63, 3.8) is 0 Å². The summed E-state index contributed by atoms with van der Waals surface area (Å²) >= 11 is 0. The molecule has 0 bridgehead atoms. The van der Waals surface area contributed by atoms with Gasteiger partial charge in [-0.1, -0.05) is 91.3 Å². The number of rotatable bonds is 8. The van der Waals surface area contributed by atoms with Gasteiger partial charge in [-0.2, -0.15) is 0 Å². The van der Waals surface area contributed by atoms with Crippen molar-refractivity contribution < 1.29 is 4.79 Å². The van der Waals surface area contributed by atoms with Gasteiger partial charge in [0.05, 0.1) is 0 Å². The molecule has 3 heteroatoms. The summed E-state index contributed by atoms with van der Waals surface area (Å²) in [5.74, 6) is 0.150. The van der Waals surface area contributed by atoms with Gasteiger partial charge in [0.25, 0.3) is 0 Å². The summed E-state index contributed by atoms with van der Waals surface area (Å²) < 4.78 is 0. The van der Waals surface area contributed by atoms with Gasteiger partial charge in [0, 0.05) is 25.4 Å². The number of carbonyl (C=O) groups excluding carboxylic acids is 1. The summed E-state index contributed by atoms with van der Waals surface area (Å²) in [6, 6.07) is 29.2. The van der Waals surface area contributed by atoms with E-state index in [-0.39, 0.29) is 11.8 Å². The molecule has 0 atom stereocenters. The van der Waals surface area contributed by atoms with Gasteiger partial charge in [-0.3, -0.25) is 9.69 Å². The topological polar surface area (TPSA) is 32.3 Å². The van der Waals surface area contributed by atoms with Crippen LogP contribution in [0.4, 0.5) is 0 Å². The van der Waals surface area contributed by atoms with Crippen LogP contribution in [0.5, 0.6) is 0 Å². The van der Waals surface area contributed by atoms with Gasteiger partial charge < -0.3 is 5.32 Å². The Morgan fingerprint density at radius 3 is 1.90 bits per heavy atom. The van der Waals surface area contributed by atoms with Crippen molar-refractivity contribution in [3.8, 4) is 0 Å². The molecule has 1 saturated heterocycles. The monoisotopic (exact) mass is 412 g/mol. The first kappa shape index (κ1) is 21.3. The van der Waals surface area contributed by atoms with Crippen LogP contribution in [0, 0.1) is 0 Å². The highest BCUT2D eigenvalue weighted by molar-refractivity contribution is 5.77. The Morgan fingerprint density at radius 1 is 0.742 bits per heavy atom. The Labute approximate surface area is 186 Å². The maximum Gasteiger partial charge on any atom is 0.221 e. The van der Waals surface area contributed by atoms with Gasteiger partial charge in [0.2, 0.25) is 5.91 Å². The van der Waals surface area contributed by atoms with E-state index in [0.29, 0.717) is 13.0 Å². The quantitative estimate of drug-likeness (QED) is 0.529. The molecule has 0 saturated carbocycles. The van der Waals surface area contributed by atoms with E-state index in [2.05, 4.69) is 58.7 Å². The molecule has 1 aliphatic heterocycles. The second-order valence-corrected chi connectivity index (χ2v) is 8.46. The predicted octanol–water partition coefficient (Wildman–Crippen LogP) is 5.51. The van der Waals surface area contributed by atoms with E-state index < -0.39 is 0 Å². The zero-order chi connectivity index (χ0) is 21.3. The largest absolute Gasteiger partial charge is 0.352 e. The minimum Gasteiger partial charge on any atom is -0.352 e. The van der Waals surface area contributed by atoms with E-state index in [4.69, 9.17) is 0 Å². The minimum absolute atomic E-state index is 0.0611. The van der Waals surface area contributed by atoms with Crippen molar-refractivity contribution in [3.05, 3.63) is 107 Å². The fraction of sp³-hybridized carbons (Fsp3) is 0.321. The minimum atomic E-state index is 0.0611. The summed E-state index contributed by atoms with van der Waals surface area (Å²) in [5, 5.41) is 3.19. The summed E-state index contributed by atoms with van der Waals surface area (Å²) in [7, 11) is 0. The lowest BCUT2D eigenvalue weighted by Crippen LogP contribution is -2.30. The van der Waals surface area contributed by atoms with E-state index in [1.54, 1.807) is 0 Å². The molecular formula is C28H32N2O. The van der Waals surface area contributed by atoms with Crippen molar-refractivity contribution in [2.24, 2.45) is 0 Å².